The van der Waals surface area contributed by atoms with Crippen molar-refractivity contribution in [1.82, 2.24) is 15.2 Å². The van der Waals surface area contributed by atoms with Gasteiger partial charge < -0.3 is 15.3 Å². The molecule has 96 valence electrons. The third-order valence-corrected chi connectivity index (χ3v) is 2.79. The van der Waals surface area contributed by atoms with Gasteiger partial charge in [0.2, 0.25) is 0 Å². The number of carbonyl (C=O) groups is 2. The van der Waals surface area contributed by atoms with Gasteiger partial charge in [0.15, 0.2) is 5.82 Å². The molecule has 6 nitrogen and oxygen atoms in total. The van der Waals surface area contributed by atoms with Crippen LogP contribution in [0.25, 0.3) is 0 Å². The highest BCUT2D eigenvalue weighted by molar-refractivity contribution is 5.96. The number of aromatic nitrogens is 1. The second-order valence-electron chi connectivity index (χ2n) is 3.91. The molecule has 2 heterocycles. The van der Waals surface area contributed by atoms with Crippen LogP contribution >= 0.6 is 0 Å². The van der Waals surface area contributed by atoms with Crippen molar-refractivity contribution in [2.75, 3.05) is 19.6 Å². The molecule has 1 aromatic rings. The topological polar surface area (TPSA) is 82.5 Å². The van der Waals surface area contributed by atoms with Gasteiger partial charge in [0.25, 0.3) is 5.91 Å². The molecule has 0 bridgehead atoms. The van der Waals surface area contributed by atoms with E-state index in [1.165, 1.54) is 12.3 Å². The lowest BCUT2D eigenvalue weighted by molar-refractivity contribution is -0.142. The Balaban J connectivity index is 2.27. The number of amides is 1. The molecule has 1 unspecified atom stereocenters. The Labute approximate surface area is 102 Å². The largest absolute Gasteiger partial charge is 0.480 e. The Morgan fingerprint density at radius 3 is 3.00 bits per heavy atom. The molecular formula is C11H12FN3O3. The number of rotatable bonds is 2. The number of nitrogens with one attached hydrogen (secondary N) is 1. The molecule has 1 aliphatic heterocycles. The van der Waals surface area contributed by atoms with Gasteiger partial charge in [-0.05, 0) is 6.07 Å². The van der Waals surface area contributed by atoms with Crippen LogP contribution in [0.5, 0.6) is 0 Å². The quantitative estimate of drug-likeness (QED) is 0.757. The first kappa shape index (κ1) is 12.4. The van der Waals surface area contributed by atoms with E-state index in [1.54, 1.807) is 0 Å². The maximum absolute atomic E-state index is 13.5. The van der Waals surface area contributed by atoms with Crippen molar-refractivity contribution in [3.05, 3.63) is 29.8 Å². The van der Waals surface area contributed by atoms with E-state index in [9.17, 15) is 14.0 Å². The molecule has 7 heteroatoms. The molecule has 1 fully saturated rings. The van der Waals surface area contributed by atoms with Gasteiger partial charge in [-0.1, -0.05) is 0 Å². The molecule has 0 aromatic carbocycles. The monoisotopic (exact) mass is 253 g/mol. The summed E-state index contributed by atoms with van der Waals surface area (Å²) in [6.45, 7) is 0.883. The highest BCUT2D eigenvalue weighted by Crippen LogP contribution is 2.13. The van der Waals surface area contributed by atoms with Crippen LogP contribution in [0.2, 0.25) is 0 Å². The highest BCUT2D eigenvalue weighted by atomic mass is 19.1. The number of hydrogen-bond donors (Lipinski definition) is 2. The number of carboxylic acid groups (broad SMARTS) is 1. The highest BCUT2D eigenvalue weighted by Gasteiger charge is 2.33. The molecule has 2 rings (SSSR count). The Bertz CT molecular complexity index is 480. The van der Waals surface area contributed by atoms with Crippen molar-refractivity contribution in [1.29, 1.82) is 0 Å². The van der Waals surface area contributed by atoms with Gasteiger partial charge in [-0.3, -0.25) is 9.78 Å². The summed E-state index contributed by atoms with van der Waals surface area (Å²) < 4.78 is 13.5. The number of carboxylic acids is 1. The van der Waals surface area contributed by atoms with E-state index in [0.717, 1.165) is 11.1 Å². The van der Waals surface area contributed by atoms with Crippen LogP contribution in [-0.4, -0.2) is 52.5 Å². The Kier molecular flexibility index (Phi) is 3.52. The molecular weight excluding hydrogens is 241 g/mol. The van der Waals surface area contributed by atoms with Gasteiger partial charge in [-0.15, -0.1) is 0 Å². The van der Waals surface area contributed by atoms with Crippen molar-refractivity contribution < 1.29 is 19.1 Å². The van der Waals surface area contributed by atoms with Crippen LogP contribution in [0.1, 0.15) is 10.4 Å². The van der Waals surface area contributed by atoms with Gasteiger partial charge in [0.1, 0.15) is 6.04 Å². The van der Waals surface area contributed by atoms with Crippen LogP contribution in [0.4, 0.5) is 4.39 Å². The minimum atomic E-state index is -1.11. The molecule has 1 atom stereocenters. The smallest absolute Gasteiger partial charge is 0.327 e. The lowest BCUT2D eigenvalue weighted by atomic mass is 10.1. The summed E-state index contributed by atoms with van der Waals surface area (Å²) in [4.78, 5) is 27.9. The summed E-state index contributed by atoms with van der Waals surface area (Å²) in [6, 6.07) is 0.275. The van der Waals surface area contributed by atoms with Crippen molar-refractivity contribution in [3.63, 3.8) is 0 Å². The number of carbonyl (C=O) groups excluding carboxylic acids is 1. The number of piperazine rings is 1. The normalized spacial score (nSPS) is 19.6. The summed E-state index contributed by atoms with van der Waals surface area (Å²) in [5.74, 6) is -2.47. The first-order valence-electron chi connectivity index (χ1n) is 5.45. The van der Waals surface area contributed by atoms with Crippen molar-refractivity contribution >= 4 is 11.9 Å². The zero-order valence-corrected chi connectivity index (χ0v) is 9.47. The van der Waals surface area contributed by atoms with E-state index in [1.807, 2.05) is 0 Å². The molecule has 1 amide bonds. The summed E-state index contributed by atoms with van der Waals surface area (Å²) in [5, 5.41) is 11.9. The van der Waals surface area contributed by atoms with E-state index >= 15 is 0 Å². The maximum Gasteiger partial charge on any atom is 0.327 e. The van der Waals surface area contributed by atoms with Gasteiger partial charge in [-0.25, -0.2) is 9.18 Å². The Morgan fingerprint density at radius 2 is 2.33 bits per heavy atom. The van der Waals surface area contributed by atoms with Gasteiger partial charge in [0.05, 0.1) is 11.8 Å². The van der Waals surface area contributed by atoms with E-state index in [0.29, 0.717) is 6.54 Å². The number of pyridine rings is 1. The zero-order chi connectivity index (χ0) is 13.1. The number of hydrogen-bond acceptors (Lipinski definition) is 4. The number of aliphatic carboxylic acids is 1. The molecule has 1 aromatic heterocycles. The van der Waals surface area contributed by atoms with Crippen molar-refractivity contribution in [2.45, 2.75) is 6.04 Å². The fraction of sp³-hybridized carbons (Fsp3) is 0.364. The predicted octanol–water partition coefficient (Wildman–Crippen LogP) is -0.281. The van der Waals surface area contributed by atoms with Crippen LogP contribution < -0.4 is 5.32 Å². The summed E-state index contributed by atoms with van der Waals surface area (Å²) in [6.07, 6.45) is 2.24. The van der Waals surface area contributed by atoms with Gasteiger partial charge >= 0.3 is 5.97 Å². The van der Waals surface area contributed by atoms with Gasteiger partial charge in [0, 0.05) is 25.8 Å². The molecule has 2 N–H and O–H groups in total. The Morgan fingerprint density at radius 1 is 1.56 bits per heavy atom. The van der Waals surface area contributed by atoms with Crippen LogP contribution in [0, 0.1) is 5.82 Å². The minimum Gasteiger partial charge on any atom is -0.480 e. The lowest BCUT2D eigenvalue weighted by Gasteiger charge is -2.33. The third kappa shape index (κ3) is 2.30. The van der Waals surface area contributed by atoms with E-state index in [-0.39, 0.29) is 18.7 Å². The summed E-state index contributed by atoms with van der Waals surface area (Å²) >= 11 is 0. The molecule has 0 aliphatic carbocycles. The third-order valence-electron chi connectivity index (χ3n) is 2.79. The van der Waals surface area contributed by atoms with Gasteiger partial charge in [-0.2, -0.15) is 0 Å². The summed E-state index contributed by atoms with van der Waals surface area (Å²) in [7, 11) is 0. The molecule has 18 heavy (non-hydrogen) atoms. The van der Waals surface area contributed by atoms with E-state index in [4.69, 9.17) is 5.11 Å². The van der Waals surface area contributed by atoms with Crippen LogP contribution in [0.3, 0.4) is 0 Å². The first-order valence-corrected chi connectivity index (χ1v) is 5.45. The first-order chi connectivity index (χ1) is 8.61. The summed E-state index contributed by atoms with van der Waals surface area (Å²) in [5.41, 5.74) is -0.154. The van der Waals surface area contributed by atoms with Crippen molar-refractivity contribution in [2.24, 2.45) is 0 Å². The SMILES string of the molecule is O=C(O)C1CNCCN1C(=O)c1ccncc1F. The molecule has 1 aliphatic rings. The number of halogens is 1. The van der Waals surface area contributed by atoms with Crippen LogP contribution in [-0.2, 0) is 4.79 Å². The minimum absolute atomic E-state index is 0.154. The fourth-order valence-corrected chi connectivity index (χ4v) is 1.87. The molecule has 0 radical (unpaired) electrons. The predicted molar refractivity (Wildman–Crippen MR) is 59.5 cm³/mol. The second kappa shape index (κ2) is 5.09. The van der Waals surface area contributed by atoms with Crippen molar-refractivity contribution in [3.8, 4) is 0 Å². The fourth-order valence-electron chi connectivity index (χ4n) is 1.87. The van der Waals surface area contributed by atoms with E-state index < -0.39 is 23.7 Å². The van der Waals surface area contributed by atoms with E-state index in [2.05, 4.69) is 10.3 Å². The second-order valence-corrected chi connectivity index (χ2v) is 3.91. The number of nitrogens with zero attached hydrogens (tertiary/aromatic N) is 2. The zero-order valence-electron chi connectivity index (χ0n) is 9.47. The lowest BCUT2D eigenvalue weighted by Crippen LogP contribution is -2.57. The molecule has 0 spiro atoms. The average molecular weight is 253 g/mol. The maximum atomic E-state index is 13.5. The molecule has 0 saturated carbocycles. The Hall–Kier alpha value is -2.02. The van der Waals surface area contributed by atoms with Crippen LogP contribution in [0.15, 0.2) is 18.5 Å². The molecule has 1 saturated heterocycles. The standard InChI is InChI=1S/C11H12FN3O3/c12-8-5-13-2-1-7(8)10(16)15-4-3-14-6-9(15)11(17)18/h1-2,5,9,14H,3-4,6H2,(H,17,18). The average Bonchev–Trinajstić information content (AvgIpc) is 2.38.